The van der Waals surface area contributed by atoms with Crippen molar-refractivity contribution in [3.8, 4) is 0 Å². The molecule has 0 amide bonds. The van der Waals surface area contributed by atoms with Gasteiger partial charge in [0.15, 0.2) is 5.65 Å². The Labute approximate surface area is 106 Å². The van der Waals surface area contributed by atoms with Crippen LogP contribution < -0.4 is 10.5 Å². The molecule has 0 unspecified atom stereocenters. The maximum atomic E-state index is 10.7. The van der Waals surface area contributed by atoms with Crippen molar-refractivity contribution in [3.05, 3.63) is 22.8 Å². The average molecular weight is 320 g/mol. The first-order valence-corrected chi connectivity index (χ1v) is 7.21. The Balaban J connectivity index is 2.09. The fourth-order valence-electron chi connectivity index (χ4n) is 1.24. The predicted octanol–water partition coefficient (Wildman–Crippen LogP) is 0.192. The van der Waals surface area contributed by atoms with Gasteiger partial charge in [-0.25, -0.2) is 18.1 Å². The number of nitrogens with zero attached hydrogens (tertiary/aromatic N) is 3. The Bertz CT molecular complexity index is 638. The third-order valence-electron chi connectivity index (χ3n) is 1.96. The Kier molecular flexibility index (Phi) is 3.31. The first-order chi connectivity index (χ1) is 7.94. The maximum Gasteiger partial charge on any atom is 0.243 e. The molecule has 0 saturated heterocycles. The number of hydrogen-bond donors (Lipinski definition) is 2. The molecule has 0 saturated carbocycles. The van der Waals surface area contributed by atoms with Crippen LogP contribution in [0.4, 0.5) is 5.95 Å². The summed E-state index contributed by atoms with van der Waals surface area (Å²) >= 11 is 3.32. The molecule has 0 bridgehead atoms. The Morgan fingerprint density at radius 3 is 2.94 bits per heavy atom. The van der Waals surface area contributed by atoms with Crippen LogP contribution in [-0.4, -0.2) is 35.3 Å². The first-order valence-electron chi connectivity index (χ1n) is 4.70. The van der Waals surface area contributed by atoms with Crippen molar-refractivity contribution >= 4 is 37.5 Å². The number of pyridine rings is 1. The van der Waals surface area contributed by atoms with E-state index in [0.717, 1.165) is 4.47 Å². The summed E-state index contributed by atoms with van der Waals surface area (Å²) in [7, 11) is -3.46. The van der Waals surface area contributed by atoms with Gasteiger partial charge in [0.05, 0.1) is 5.75 Å². The molecule has 2 heterocycles. The van der Waals surface area contributed by atoms with Crippen molar-refractivity contribution in [2.75, 3.05) is 17.6 Å². The molecule has 2 rings (SSSR count). The number of hydrogen-bond acceptors (Lipinski definition) is 5. The van der Waals surface area contributed by atoms with Gasteiger partial charge >= 0.3 is 0 Å². The standard InChI is InChI=1S/C8H10BrN5O2S/c9-6-1-2-7-12-8(13-14(7)5-6)11-3-4-17(10,15)16/h1-2,5H,3-4H2,(H,11,13)(H2,10,15,16). The van der Waals surface area contributed by atoms with Gasteiger partial charge in [0, 0.05) is 17.2 Å². The van der Waals surface area contributed by atoms with Crippen LogP contribution in [0.2, 0.25) is 0 Å². The van der Waals surface area contributed by atoms with Gasteiger partial charge in [-0.3, -0.25) is 0 Å². The molecule has 0 aliphatic heterocycles. The van der Waals surface area contributed by atoms with Crippen LogP contribution in [0.5, 0.6) is 0 Å². The topological polar surface area (TPSA) is 102 Å². The van der Waals surface area contributed by atoms with E-state index in [1.165, 1.54) is 0 Å². The van der Waals surface area contributed by atoms with Gasteiger partial charge in [-0.1, -0.05) is 0 Å². The second-order valence-corrected chi connectivity index (χ2v) is 6.03. The molecule has 9 heteroatoms. The normalized spacial score (nSPS) is 11.9. The van der Waals surface area contributed by atoms with E-state index >= 15 is 0 Å². The summed E-state index contributed by atoms with van der Waals surface area (Å²) in [4.78, 5) is 4.16. The first kappa shape index (κ1) is 12.3. The van der Waals surface area contributed by atoms with Gasteiger partial charge in [0.25, 0.3) is 0 Å². The Hall–Kier alpha value is -1.19. The maximum absolute atomic E-state index is 10.7. The van der Waals surface area contributed by atoms with Gasteiger partial charge in [0.2, 0.25) is 16.0 Å². The van der Waals surface area contributed by atoms with Gasteiger partial charge in [0.1, 0.15) is 0 Å². The molecule has 0 fully saturated rings. The zero-order valence-corrected chi connectivity index (χ0v) is 11.1. The highest BCUT2D eigenvalue weighted by molar-refractivity contribution is 9.10. The van der Waals surface area contributed by atoms with E-state index in [-0.39, 0.29) is 12.3 Å². The number of fused-ring (bicyclic) bond motifs is 1. The van der Waals surface area contributed by atoms with Gasteiger partial charge < -0.3 is 5.32 Å². The smallest absolute Gasteiger partial charge is 0.243 e. The van der Waals surface area contributed by atoms with Crippen LogP contribution in [0.25, 0.3) is 5.65 Å². The monoisotopic (exact) mass is 319 g/mol. The molecular formula is C8H10BrN5O2S. The van der Waals surface area contributed by atoms with Crippen molar-refractivity contribution in [3.63, 3.8) is 0 Å². The van der Waals surface area contributed by atoms with Crippen molar-refractivity contribution in [1.29, 1.82) is 0 Å². The summed E-state index contributed by atoms with van der Waals surface area (Å²) in [6.07, 6.45) is 1.76. The zero-order valence-electron chi connectivity index (χ0n) is 8.67. The highest BCUT2D eigenvalue weighted by atomic mass is 79.9. The summed E-state index contributed by atoms with van der Waals surface area (Å²) in [6.45, 7) is 0.177. The average Bonchev–Trinajstić information content (AvgIpc) is 2.57. The van der Waals surface area contributed by atoms with E-state index < -0.39 is 10.0 Å². The van der Waals surface area contributed by atoms with Crippen molar-refractivity contribution in [1.82, 2.24) is 14.6 Å². The van der Waals surface area contributed by atoms with Crippen molar-refractivity contribution in [2.24, 2.45) is 5.14 Å². The van der Waals surface area contributed by atoms with E-state index in [9.17, 15) is 8.42 Å². The van der Waals surface area contributed by atoms with E-state index in [0.29, 0.717) is 11.6 Å². The molecule has 92 valence electrons. The van der Waals surface area contributed by atoms with Crippen LogP contribution >= 0.6 is 15.9 Å². The summed E-state index contributed by atoms with van der Waals surface area (Å²) < 4.78 is 23.9. The molecule has 2 aromatic heterocycles. The lowest BCUT2D eigenvalue weighted by molar-refractivity contribution is 0.598. The second-order valence-electron chi connectivity index (χ2n) is 3.38. The number of primary sulfonamides is 1. The summed E-state index contributed by atoms with van der Waals surface area (Å²) in [5, 5.41) is 11.8. The molecular weight excluding hydrogens is 310 g/mol. The largest absolute Gasteiger partial charge is 0.352 e. The highest BCUT2D eigenvalue weighted by Gasteiger charge is 2.05. The summed E-state index contributed by atoms with van der Waals surface area (Å²) in [5.74, 6) is 0.207. The van der Waals surface area contributed by atoms with Gasteiger partial charge in [-0.05, 0) is 28.1 Å². The zero-order chi connectivity index (χ0) is 12.5. The second kappa shape index (κ2) is 4.59. The lowest BCUT2D eigenvalue weighted by Gasteiger charge is -1.98. The lowest BCUT2D eigenvalue weighted by atomic mass is 10.5. The molecule has 2 aromatic rings. The molecule has 0 atom stereocenters. The van der Waals surface area contributed by atoms with Crippen LogP contribution in [0.1, 0.15) is 0 Å². The minimum Gasteiger partial charge on any atom is -0.352 e. The van der Waals surface area contributed by atoms with Crippen LogP contribution in [0, 0.1) is 0 Å². The van der Waals surface area contributed by atoms with E-state index in [2.05, 4.69) is 31.3 Å². The molecule has 0 aliphatic rings. The minimum absolute atomic E-state index is 0.160. The van der Waals surface area contributed by atoms with Crippen LogP contribution in [0.15, 0.2) is 22.8 Å². The summed E-state index contributed by atoms with van der Waals surface area (Å²) in [5.41, 5.74) is 0.673. The van der Waals surface area contributed by atoms with Gasteiger partial charge in [-0.15, -0.1) is 5.10 Å². The highest BCUT2D eigenvalue weighted by Crippen LogP contribution is 2.11. The molecule has 3 N–H and O–H groups in total. The number of rotatable bonds is 4. The molecule has 0 aliphatic carbocycles. The SMILES string of the molecule is NS(=O)(=O)CCNc1nc2ccc(Br)cn2n1. The molecule has 17 heavy (non-hydrogen) atoms. The van der Waals surface area contributed by atoms with Crippen LogP contribution in [0.3, 0.4) is 0 Å². The molecule has 0 aromatic carbocycles. The van der Waals surface area contributed by atoms with E-state index in [1.807, 2.05) is 6.07 Å². The Morgan fingerprint density at radius 1 is 1.47 bits per heavy atom. The number of anilines is 1. The predicted molar refractivity (Wildman–Crippen MR) is 67.2 cm³/mol. The van der Waals surface area contributed by atoms with E-state index in [4.69, 9.17) is 5.14 Å². The fourth-order valence-corrected chi connectivity index (χ4v) is 1.95. The molecule has 0 spiro atoms. The number of halogens is 1. The quantitative estimate of drug-likeness (QED) is 0.837. The third kappa shape index (κ3) is 3.38. The van der Waals surface area contributed by atoms with Crippen molar-refractivity contribution in [2.45, 2.75) is 0 Å². The summed E-state index contributed by atoms with van der Waals surface area (Å²) in [6, 6.07) is 3.64. The van der Waals surface area contributed by atoms with Crippen LogP contribution in [-0.2, 0) is 10.0 Å². The molecule has 7 nitrogen and oxygen atoms in total. The Morgan fingerprint density at radius 2 is 2.24 bits per heavy atom. The number of nitrogens with two attached hydrogens (primary N) is 1. The number of aromatic nitrogens is 3. The number of sulfonamides is 1. The fraction of sp³-hybridized carbons (Fsp3) is 0.250. The van der Waals surface area contributed by atoms with E-state index in [1.54, 1.807) is 16.8 Å². The van der Waals surface area contributed by atoms with Gasteiger partial charge in [-0.2, -0.15) is 4.98 Å². The minimum atomic E-state index is -3.46. The number of nitrogens with one attached hydrogen (secondary N) is 1. The third-order valence-corrected chi connectivity index (χ3v) is 3.21. The van der Waals surface area contributed by atoms with Crippen molar-refractivity contribution < 1.29 is 8.42 Å². The lowest BCUT2D eigenvalue weighted by Crippen LogP contribution is -2.22. The molecule has 0 radical (unpaired) electrons.